The zero-order chi connectivity index (χ0) is 15.4. The topological polar surface area (TPSA) is 79.2 Å². The number of Topliss-reactive ketones (excluding diaryl/α,β-unsaturated/α-hetero) is 1. The predicted octanol–water partition coefficient (Wildman–Crippen LogP) is 2.94. The fourth-order valence-electron chi connectivity index (χ4n) is 2.51. The first-order chi connectivity index (χ1) is 9.16. The first-order valence-electron chi connectivity index (χ1n) is 7.08. The normalized spacial score (nSPS) is 19.9. The van der Waals surface area contributed by atoms with Crippen molar-refractivity contribution in [3.8, 4) is 6.07 Å². The maximum absolute atomic E-state index is 11.7. The molecule has 20 heavy (non-hydrogen) atoms. The summed E-state index contributed by atoms with van der Waals surface area (Å²) in [4.78, 5) is 23.0. The van der Waals surface area contributed by atoms with Gasteiger partial charge in [0.15, 0.2) is 0 Å². The number of carbonyl (C=O) groups excluding carboxylic acids is 2. The highest BCUT2D eigenvalue weighted by Gasteiger charge is 2.36. The molecule has 0 saturated heterocycles. The van der Waals surface area contributed by atoms with Gasteiger partial charge < -0.3 is 10.1 Å². The first-order valence-corrected chi connectivity index (χ1v) is 7.08. The van der Waals surface area contributed by atoms with Crippen LogP contribution in [0.3, 0.4) is 0 Å². The zero-order valence-electron chi connectivity index (χ0n) is 12.8. The van der Waals surface area contributed by atoms with Crippen LogP contribution < -0.4 is 5.32 Å². The van der Waals surface area contributed by atoms with Gasteiger partial charge in [-0.25, -0.2) is 4.79 Å². The van der Waals surface area contributed by atoms with Crippen molar-refractivity contribution in [1.29, 1.82) is 5.26 Å². The van der Waals surface area contributed by atoms with Crippen LogP contribution in [0.5, 0.6) is 0 Å². The molecule has 1 aliphatic carbocycles. The molecule has 1 rings (SSSR count). The van der Waals surface area contributed by atoms with Gasteiger partial charge in [0.2, 0.25) is 0 Å². The number of rotatable bonds is 3. The number of alkyl carbamates (subject to hydrolysis) is 1. The molecule has 0 aromatic heterocycles. The van der Waals surface area contributed by atoms with Crippen molar-refractivity contribution in [3.05, 3.63) is 0 Å². The van der Waals surface area contributed by atoms with E-state index in [0.29, 0.717) is 32.1 Å². The predicted molar refractivity (Wildman–Crippen MR) is 75.0 cm³/mol. The van der Waals surface area contributed by atoms with Crippen LogP contribution in [0.4, 0.5) is 4.79 Å². The number of ketones is 1. The van der Waals surface area contributed by atoms with Crippen LogP contribution in [0.25, 0.3) is 0 Å². The fourth-order valence-corrected chi connectivity index (χ4v) is 2.51. The molecular formula is C15H24N2O3. The van der Waals surface area contributed by atoms with Crippen molar-refractivity contribution in [2.45, 2.75) is 71.4 Å². The molecule has 5 heteroatoms. The van der Waals surface area contributed by atoms with Gasteiger partial charge in [-0.2, -0.15) is 5.26 Å². The maximum atomic E-state index is 11.7. The standard InChI is InChI=1S/C15H24N2O3/c1-11(17-13(19)20-14(2,3)4)9-15(10-16)7-5-12(18)6-8-15/h11H,5-9H2,1-4H3,(H,17,19)/t11-/m0/s1. The third-order valence-electron chi connectivity index (χ3n) is 3.46. The second-order valence-electron chi connectivity index (χ2n) is 6.68. The molecule has 0 spiro atoms. The lowest BCUT2D eigenvalue weighted by Crippen LogP contribution is -2.41. The monoisotopic (exact) mass is 280 g/mol. The van der Waals surface area contributed by atoms with Crippen molar-refractivity contribution in [1.82, 2.24) is 5.32 Å². The minimum Gasteiger partial charge on any atom is -0.444 e. The summed E-state index contributed by atoms with van der Waals surface area (Å²) < 4.78 is 5.19. The molecule has 0 heterocycles. The van der Waals surface area contributed by atoms with Gasteiger partial charge in [0.25, 0.3) is 0 Å². The Balaban J connectivity index is 2.52. The molecule has 0 radical (unpaired) electrons. The Labute approximate surface area is 120 Å². The Morgan fingerprint density at radius 2 is 2.00 bits per heavy atom. The van der Waals surface area contributed by atoms with Crippen LogP contribution in [-0.4, -0.2) is 23.5 Å². The number of ether oxygens (including phenoxy) is 1. The van der Waals surface area contributed by atoms with Crippen LogP contribution >= 0.6 is 0 Å². The van der Waals surface area contributed by atoms with Crippen LogP contribution in [0.2, 0.25) is 0 Å². The van der Waals surface area contributed by atoms with Gasteiger partial charge in [0, 0.05) is 18.9 Å². The summed E-state index contributed by atoms with van der Waals surface area (Å²) in [6.45, 7) is 7.28. The van der Waals surface area contributed by atoms with E-state index in [1.165, 1.54) is 0 Å². The van der Waals surface area contributed by atoms with Gasteiger partial charge in [-0.05, 0) is 47.0 Å². The van der Waals surface area contributed by atoms with E-state index in [1.54, 1.807) is 20.8 Å². The Kier molecular flexibility index (Phi) is 5.15. The molecule has 1 amide bonds. The largest absolute Gasteiger partial charge is 0.444 e. The molecule has 1 atom stereocenters. The maximum Gasteiger partial charge on any atom is 0.407 e. The second kappa shape index (κ2) is 6.25. The van der Waals surface area contributed by atoms with Crippen molar-refractivity contribution in [3.63, 3.8) is 0 Å². The highest BCUT2D eigenvalue weighted by atomic mass is 16.6. The van der Waals surface area contributed by atoms with Crippen LogP contribution in [0.1, 0.15) is 59.8 Å². The van der Waals surface area contributed by atoms with Crippen LogP contribution in [0, 0.1) is 16.7 Å². The van der Waals surface area contributed by atoms with Gasteiger partial charge in [0.1, 0.15) is 11.4 Å². The lowest BCUT2D eigenvalue weighted by molar-refractivity contribution is -0.121. The SMILES string of the molecule is C[C@@H](CC1(C#N)CCC(=O)CC1)NC(=O)OC(C)(C)C. The summed E-state index contributed by atoms with van der Waals surface area (Å²) in [7, 11) is 0. The van der Waals surface area contributed by atoms with Gasteiger partial charge >= 0.3 is 6.09 Å². The summed E-state index contributed by atoms with van der Waals surface area (Å²) in [5.74, 6) is 0.226. The van der Waals surface area contributed by atoms with Gasteiger partial charge in [-0.1, -0.05) is 0 Å². The van der Waals surface area contributed by atoms with Crippen LogP contribution in [-0.2, 0) is 9.53 Å². The van der Waals surface area contributed by atoms with Gasteiger partial charge in [-0.15, -0.1) is 0 Å². The minimum absolute atomic E-state index is 0.155. The Morgan fingerprint density at radius 1 is 1.45 bits per heavy atom. The number of carbonyl (C=O) groups is 2. The minimum atomic E-state index is -0.534. The Bertz CT molecular complexity index is 408. The van der Waals surface area contributed by atoms with Gasteiger partial charge in [-0.3, -0.25) is 4.79 Å². The van der Waals surface area contributed by atoms with E-state index in [4.69, 9.17) is 4.74 Å². The Morgan fingerprint density at radius 3 is 2.45 bits per heavy atom. The second-order valence-corrected chi connectivity index (χ2v) is 6.68. The average molecular weight is 280 g/mol. The smallest absolute Gasteiger partial charge is 0.407 e. The number of nitrogens with zero attached hydrogens (tertiary/aromatic N) is 1. The quantitative estimate of drug-likeness (QED) is 0.862. The molecule has 0 aromatic rings. The van der Waals surface area contributed by atoms with Crippen molar-refractivity contribution < 1.29 is 14.3 Å². The molecule has 1 aliphatic rings. The summed E-state index contributed by atoms with van der Waals surface area (Å²) >= 11 is 0. The van der Waals surface area contributed by atoms with E-state index in [0.717, 1.165) is 0 Å². The lowest BCUT2D eigenvalue weighted by Gasteiger charge is -2.32. The zero-order valence-corrected chi connectivity index (χ0v) is 12.8. The molecule has 0 aromatic carbocycles. The van der Waals surface area contributed by atoms with Crippen molar-refractivity contribution >= 4 is 11.9 Å². The molecular weight excluding hydrogens is 256 g/mol. The number of nitriles is 1. The molecule has 1 N–H and O–H groups in total. The van der Waals surface area contributed by atoms with E-state index >= 15 is 0 Å². The molecule has 0 bridgehead atoms. The summed E-state index contributed by atoms with van der Waals surface area (Å²) in [5, 5.41) is 12.1. The summed E-state index contributed by atoms with van der Waals surface area (Å²) in [6.07, 6.45) is 2.19. The van der Waals surface area contributed by atoms with Crippen molar-refractivity contribution in [2.75, 3.05) is 0 Å². The molecule has 5 nitrogen and oxygen atoms in total. The Hall–Kier alpha value is -1.57. The highest BCUT2D eigenvalue weighted by Crippen LogP contribution is 2.38. The van der Waals surface area contributed by atoms with E-state index in [9.17, 15) is 14.9 Å². The summed E-state index contributed by atoms with van der Waals surface area (Å²) in [5.41, 5.74) is -1.03. The fraction of sp³-hybridized carbons (Fsp3) is 0.800. The molecule has 0 unspecified atom stereocenters. The molecule has 112 valence electrons. The summed E-state index contributed by atoms with van der Waals surface area (Å²) in [6, 6.07) is 2.19. The van der Waals surface area contributed by atoms with E-state index < -0.39 is 17.1 Å². The third-order valence-corrected chi connectivity index (χ3v) is 3.46. The van der Waals surface area contributed by atoms with E-state index in [1.807, 2.05) is 6.92 Å². The lowest BCUT2D eigenvalue weighted by atomic mass is 9.71. The highest BCUT2D eigenvalue weighted by molar-refractivity contribution is 5.79. The number of nitrogens with one attached hydrogen (secondary N) is 1. The molecule has 1 saturated carbocycles. The first kappa shape index (κ1) is 16.5. The third kappa shape index (κ3) is 5.20. The number of hydrogen-bond donors (Lipinski definition) is 1. The van der Waals surface area contributed by atoms with Crippen molar-refractivity contribution in [2.24, 2.45) is 5.41 Å². The number of amides is 1. The van der Waals surface area contributed by atoms with Crippen LogP contribution in [0.15, 0.2) is 0 Å². The molecule has 1 fully saturated rings. The average Bonchev–Trinajstić information content (AvgIpc) is 2.29. The van der Waals surface area contributed by atoms with E-state index in [2.05, 4.69) is 11.4 Å². The molecule has 0 aliphatic heterocycles. The van der Waals surface area contributed by atoms with E-state index in [-0.39, 0.29) is 11.8 Å². The number of hydrogen-bond acceptors (Lipinski definition) is 4. The van der Waals surface area contributed by atoms with Gasteiger partial charge in [0.05, 0.1) is 11.5 Å².